The van der Waals surface area contributed by atoms with Gasteiger partial charge in [-0.3, -0.25) is 14.4 Å². The molecule has 11 heteroatoms. The zero-order valence-electron chi connectivity index (χ0n) is 17.5. The van der Waals surface area contributed by atoms with E-state index in [4.69, 9.17) is 24.7 Å². The van der Waals surface area contributed by atoms with E-state index in [-0.39, 0.29) is 4.58 Å². The third-order valence-electron chi connectivity index (χ3n) is 3.24. The Kier molecular flexibility index (Phi) is 14.4. The number of carbonyl (C=O) groups is 4. The lowest BCUT2D eigenvalue weighted by Crippen LogP contribution is -2.51. The highest BCUT2D eigenvalue weighted by atomic mass is 32.2. The Hall–Kier alpha value is -1.62. The minimum atomic E-state index is -1.19. The molecule has 3 atom stereocenters. The van der Waals surface area contributed by atoms with Crippen LogP contribution in [-0.2, 0) is 33.3 Å². The van der Waals surface area contributed by atoms with Crippen molar-refractivity contribution in [3.05, 3.63) is 0 Å². The van der Waals surface area contributed by atoms with Gasteiger partial charge in [-0.05, 0) is 24.3 Å². The lowest BCUT2D eigenvalue weighted by atomic mass is 10.1. The molecule has 168 valence electrons. The summed E-state index contributed by atoms with van der Waals surface area (Å²) in [4.78, 5) is 46.2. The molecule has 0 radical (unpaired) electrons. The van der Waals surface area contributed by atoms with Crippen molar-refractivity contribution in [2.75, 3.05) is 18.1 Å². The molecule has 0 aromatic rings. The van der Waals surface area contributed by atoms with Crippen molar-refractivity contribution in [1.82, 2.24) is 0 Å². The van der Waals surface area contributed by atoms with Gasteiger partial charge >= 0.3 is 24.0 Å². The molecule has 0 aliphatic heterocycles. The van der Waals surface area contributed by atoms with Gasteiger partial charge < -0.3 is 24.7 Å². The average molecular weight is 454 g/mol. The molecule has 0 bridgehead atoms. The van der Waals surface area contributed by atoms with Crippen molar-refractivity contribution < 1.29 is 38.1 Å². The van der Waals surface area contributed by atoms with Crippen LogP contribution in [0, 0.1) is 0 Å². The van der Waals surface area contributed by atoms with Gasteiger partial charge in [0.05, 0.1) is 4.58 Å². The molecule has 0 saturated heterocycles. The van der Waals surface area contributed by atoms with Gasteiger partial charge in [0.1, 0.15) is 6.61 Å². The summed E-state index contributed by atoms with van der Waals surface area (Å²) in [6.07, 6.45) is -2.62. The number of primary amides is 1. The van der Waals surface area contributed by atoms with Gasteiger partial charge in [-0.2, -0.15) is 0 Å². The smallest absolute Gasteiger partial charge is 0.404 e. The summed E-state index contributed by atoms with van der Waals surface area (Å²) in [7, 11) is 0. The van der Waals surface area contributed by atoms with Crippen molar-refractivity contribution in [2.45, 2.75) is 70.4 Å². The molecule has 0 aromatic carbocycles. The van der Waals surface area contributed by atoms with E-state index in [0.717, 1.165) is 31.3 Å². The highest BCUT2D eigenvalue weighted by Gasteiger charge is 2.42. The maximum atomic E-state index is 11.8. The van der Waals surface area contributed by atoms with Crippen LogP contribution in [0.15, 0.2) is 0 Å². The summed E-state index contributed by atoms with van der Waals surface area (Å²) in [5.41, 5.74) is 5.02. The van der Waals surface area contributed by atoms with Crippen LogP contribution in [0.4, 0.5) is 4.79 Å². The van der Waals surface area contributed by atoms with Gasteiger partial charge in [0, 0.05) is 20.8 Å². The summed E-state index contributed by atoms with van der Waals surface area (Å²) in [6, 6.07) is 0. The van der Waals surface area contributed by atoms with E-state index in [1.54, 1.807) is 23.5 Å². The molecule has 0 heterocycles. The zero-order chi connectivity index (χ0) is 22.4. The SMILES string of the molecule is CCCSC(SCCC)[C@@H](OC(C)=O)[C@H](OC(C)=O)[C@@H](COC(N)=O)OC(C)=O. The van der Waals surface area contributed by atoms with Crippen LogP contribution >= 0.6 is 23.5 Å². The predicted molar refractivity (Wildman–Crippen MR) is 111 cm³/mol. The fourth-order valence-corrected chi connectivity index (χ4v) is 4.99. The lowest BCUT2D eigenvalue weighted by molar-refractivity contribution is -0.184. The largest absolute Gasteiger partial charge is 0.456 e. The Labute approximate surface area is 180 Å². The Bertz CT molecular complexity index is 538. The number of ether oxygens (including phenoxy) is 4. The van der Waals surface area contributed by atoms with Gasteiger partial charge in [0.25, 0.3) is 0 Å². The van der Waals surface area contributed by atoms with Crippen molar-refractivity contribution in [2.24, 2.45) is 5.73 Å². The maximum absolute atomic E-state index is 11.8. The Morgan fingerprint density at radius 1 is 0.793 bits per heavy atom. The van der Waals surface area contributed by atoms with E-state index in [9.17, 15) is 19.2 Å². The summed E-state index contributed by atoms with van der Waals surface area (Å²) in [6.45, 7) is 7.17. The second-order valence-electron chi connectivity index (χ2n) is 6.04. The first-order valence-corrected chi connectivity index (χ1v) is 11.4. The molecule has 9 nitrogen and oxygen atoms in total. The molecule has 0 aliphatic carbocycles. The van der Waals surface area contributed by atoms with E-state index in [0.29, 0.717) is 0 Å². The first-order chi connectivity index (χ1) is 13.6. The fourth-order valence-electron chi connectivity index (χ4n) is 2.29. The second kappa shape index (κ2) is 15.3. The predicted octanol–water partition coefficient (Wildman–Crippen LogP) is 2.49. The van der Waals surface area contributed by atoms with E-state index >= 15 is 0 Å². The van der Waals surface area contributed by atoms with Crippen molar-refractivity contribution in [3.8, 4) is 0 Å². The molecular weight excluding hydrogens is 422 g/mol. The van der Waals surface area contributed by atoms with Gasteiger partial charge in [-0.25, -0.2) is 4.79 Å². The maximum Gasteiger partial charge on any atom is 0.404 e. The number of hydrogen-bond acceptors (Lipinski definition) is 10. The first kappa shape index (κ1) is 27.4. The topological polar surface area (TPSA) is 131 Å². The van der Waals surface area contributed by atoms with Crippen LogP contribution in [0.5, 0.6) is 0 Å². The molecule has 0 fully saturated rings. The quantitative estimate of drug-likeness (QED) is 0.238. The van der Waals surface area contributed by atoms with Gasteiger partial charge in [0.15, 0.2) is 18.3 Å². The third kappa shape index (κ3) is 12.5. The lowest BCUT2D eigenvalue weighted by Gasteiger charge is -2.35. The second-order valence-corrected chi connectivity index (χ2v) is 8.83. The number of nitrogens with two attached hydrogens (primary N) is 1. The molecule has 29 heavy (non-hydrogen) atoms. The normalized spacial score (nSPS) is 13.9. The molecule has 0 spiro atoms. The molecule has 0 saturated carbocycles. The monoisotopic (exact) mass is 453 g/mol. The summed E-state index contributed by atoms with van der Waals surface area (Å²) < 4.78 is 20.6. The van der Waals surface area contributed by atoms with Gasteiger partial charge in [-0.15, -0.1) is 23.5 Å². The summed E-state index contributed by atoms with van der Waals surface area (Å²) >= 11 is 3.10. The Balaban J connectivity index is 6.00. The summed E-state index contributed by atoms with van der Waals surface area (Å²) in [5.74, 6) is -0.364. The van der Waals surface area contributed by atoms with Gasteiger partial charge in [-0.1, -0.05) is 13.8 Å². The molecule has 0 aromatic heterocycles. The number of rotatable bonds is 14. The average Bonchev–Trinajstić information content (AvgIpc) is 2.61. The van der Waals surface area contributed by atoms with Crippen molar-refractivity contribution >= 4 is 47.5 Å². The van der Waals surface area contributed by atoms with E-state index in [2.05, 4.69) is 0 Å². The molecular formula is C18H31NO8S2. The minimum absolute atomic E-state index is 0.296. The van der Waals surface area contributed by atoms with Crippen LogP contribution in [0.2, 0.25) is 0 Å². The van der Waals surface area contributed by atoms with Crippen LogP contribution in [0.1, 0.15) is 47.5 Å². The summed E-state index contributed by atoms with van der Waals surface area (Å²) in [5, 5.41) is 0. The first-order valence-electron chi connectivity index (χ1n) is 9.29. The number of esters is 3. The van der Waals surface area contributed by atoms with Crippen LogP contribution in [0.3, 0.4) is 0 Å². The number of carbonyl (C=O) groups excluding carboxylic acids is 4. The fraction of sp³-hybridized carbons (Fsp3) is 0.778. The molecule has 0 unspecified atom stereocenters. The van der Waals surface area contributed by atoms with Crippen LogP contribution < -0.4 is 5.73 Å². The zero-order valence-corrected chi connectivity index (χ0v) is 19.1. The highest BCUT2D eigenvalue weighted by molar-refractivity contribution is 8.17. The van der Waals surface area contributed by atoms with Crippen molar-refractivity contribution in [3.63, 3.8) is 0 Å². The van der Waals surface area contributed by atoms with Crippen LogP contribution in [-0.4, -0.2) is 65.0 Å². The van der Waals surface area contributed by atoms with Crippen molar-refractivity contribution in [1.29, 1.82) is 0 Å². The molecule has 0 aliphatic rings. The number of amides is 1. The molecule has 2 N–H and O–H groups in total. The standard InChI is InChI=1S/C18H31NO8S2/c1-6-8-28-17(29-9-7-2)16(27-13(5)22)15(26-12(4)21)14(25-11(3)20)10-24-18(19)23/h14-17H,6-10H2,1-5H3,(H2,19,23)/t14-,15-,16+/m1/s1. The van der Waals surface area contributed by atoms with E-state index < -0.39 is 48.9 Å². The number of hydrogen-bond donors (Lipinski definition) is 1. The van der Waals surface area contributed by atoms with E-state index in [1.807, 2.05) is 13.8 Å². The molecule has 0 rings (SSSR count). The highest BCUT2D eigenvalue weighted by Crippen LogP contribution is 2.34. The van der Waals surface area contributed by atoms with E-state index in [1.165, 1.54) is 13.8 Å². The number of thioether (sulfide) groups is 2. The molecule has 1 amide bonds. The minimum Gasteiger partial charge on any atom is -0.456 e. The Morgan fingerprint density at radius 3 is 1.62 bits per heavy atom. The van der Waals surface area contributed by atoms with Gasteiger partial charge in [0.2, 0.25) is 0 Å². The van der Waals surface area contributed by atoms with Crippen LogP contribution in [0.25, 0.3) is 0 Å². The third-order valence-corrected chi connectivity index (χ3v) is 6.54. The Morgan fingerprint density at radius 2 is 1.24 bits per heavy atom.